The van der Waals surface area contributed by atoms with Crippen molar-refractivity contribution in [3.05, 3.63) is 12.4 Å². The molecule has 1 fully saturated rings. The number of hydrogen-bond donors (Lipinski definition) is 2. The molecule has 1 heterocycles. The molecule has 1 aromatic rings. The van der Waals surface area contributed by atoms with Crippen molar-refractivity contribution in [3.63, 3.8) is 0 Å². The first-order chi connectivity index (χ1) is 9.88. The van der Waals surface area contributed by atoms with Gasteiger partial charge in [0.05, 0.1) is 12.7 Å². The van der Waals surface area contributed by atoms with Gasteiger partial charge in [-0.2, -0.15) is 5.10 Å². The SMILES string of the molecule is CC(C)NCCn1cc(S(=O)(=O)NC2CCCC2C)cn1. The Hall–Kier alpha value is -0.920. The predicted octanol–water partition coefficient (Wildman–Crippen LogP) is 1.35. The van der Waals surface area contributed by atoms with E-state index in [1.165, 1.54) is 6.20 Å². The van der Waals surface area contributed by atoms with Gasteiger partial charge in [-0.05, 0) is 18.8 Å². The van der Waals surface area contributed by atoms with Gasteiger partial charge >= 0.3 is 0 Å². The summed E-state index contributed by atoms with van der Waals surface area (Å²) in [6, 6.07) is 0.468. The summed E-state index contributed by atoms with van der Waals surface area (Å²) in [5.41, 5.74) is 0. The van der Waals surface area contributed by atoms with E-state index in [9.17, 15) is 8.42 Å². The van der Waals surface area contributed by atoms with Gasteiger partial charge in [-0.25, -0.2) is 13.1 Å². The van der Waals surface area contributed by atoms with E-state index in [1.54, 1.807) is 10.9 Å². The van der Waals surface area contributed by atoms with E-state index in [4.69, 9.17) is 0 Å². The maximum Gasteiger partial charge on any atom is 0.243 e. The summed E-state index contributed by atoms with van der Waals surface area (Å²) in [6.45, 7) is 7.68. The molecule has 0 bridgehead atoms. The number of rotatable bonds is 7. The number of nitrogens with zero attached hydrogens (tertiary/aromatic N) is 2. The first-order valence-electron chi connectivity index (χ1n) is 7.66. The van der Waals surface area contributed by atoms with Crippen LogP contribution in [-0.2, 0) is 16.6 Å². The van der Waals surface area contributed by atoms with Crippen LogP contribution in [0.5, 0.6) is 0 Å². The van der Waals surface area contributed by atoms with Crippen LogP contribution in [0.2, 0.25) is 0 Å². The zero-order chi connectivity index (χ0) is 15.5. The van der Waals surface area contributed by atoms with E-state index in [2.05, 4.69) is 35.9 Å². The molecule has 0 radical (unpaired) electrons. The minimum atomic E-state index is -3.45. The number of sulfonamides is 1. The molecule has 2 unspecified atom stereocenters. The minimum absolute atomic E-state index is 0.0564. The molecule has 2 atom stereocenters. The molecule has 7 heteroatoms. The Morgan fingerprint density at radius 3 is 2.81 bits per heavy atom. The van der Waals surface area contributed by atoms with Gasteiger partial charge in [-0.1, -0.05) is 27.2 Å². The third-order valence-electron chi connectivity index (χ3n) is 3.98. The molecule has 0 spiro atoms. The van der Waals surface area contributed by atoms with E-state index in [1.807, 2.05) is 0 Å². The fraction of sp³-hybridized carbons (Fsp3) is 0.786. The topological polar surface area (TPSA) is 76.0 Å². The zero-order valence-electron chi connectivity index (χ0n) is 13.0. The molecule has 21 heavy (non-hydrogen) atoms. The van der Waals surface area contributed by atoms with Gasteiger partial charge in [-0.3, -0.25) is 4.68 Å². The number of aromatic nitrogens is 2. The molecule has 120 valence electrons. The van der Waals surface area contributed by atoms with Crippen molar-refractivity contribution in [3.8, 4) is 0 Å². The van der Waals surface area contributed by atoms with E-state index in [0.29, 0.717) is 18.5 Å². The van der Waals surface area contributed by atoms with Crippen molar-refractivity contribution in [1.29, 1.82) is 0 Å². The molecule has 2 rings (SSSR count). The Morgan fingerprint density at radius 1 is 1.43 bits per heavy atom. The summed E-state index contributed by atoms with van der Waals surface area (Å²) in [5.74, 6) is 0.407. The van der Waals surface area contributed by atoms with E-state index in [-0.39, 0.29) is 10.9 Å². The van der Waals surface area contributed by atoms with Crippen molar-refractivity contribution >= 4 is 10.0 Å². The van der Waals surface area contributed by atoms with Gasteiger partial charge in [0.2, 0.25) is 10.0 Å². The Bertz CT molecular complexity index is 553. The van der Waals surface area contributed by atoms with Crippen LogP contribution in [-0.4, -0.2) is 36.8 Å². The smallest absolute Gasteiger partial charge is 0.243 e. The van der Waals surface area contributed by atoms with Crippen LogP contribution in [0.15, 0.2) is 17.3 Å². The van der Waals surface area contributed by atoms with Crippen LogP contribution in [0.4, 0.5) is 0 Å². The molecular weight excluding hydrogens is 288 g/mol. The molecule has 1 aliphatic rings. The van der Waals surface area contributed by atoms with Crippen LogP contribution in [0.25, 0.3) is 0 Å². The van der Waals surface area contributed by atoms with Gasteiger partial charge in [-0.15, -0.1) is 0 Å². The Morgan fingerprint density at radius 2 is 2.19 bits per heavy atom. The van der Waals surface area contributed by atoms with Gasteiger partial charge < -0.3 is 5.32 Å². The molecule has 0 amide bonds. The summed E-state index contributed by atoms with van der Waals surface area (Å²) in [6.07, 6.45) is 6.13. The lowest BCUT2D eigenvalue weighted by Gasteiger charge is -2.16. The van der Waals surface area contributed by atoms with E-state index < -0.39 is 10.0 Å². The summed E-state index contributed by atoms with van der Waals surface area (Å²) >= 11 is 0. The molecular formula is C14H26N4O2S. The normalized spacial score (nSPS) is 23.0. The average molecular weight is 314 g/mol. The molecule has 1 aromatic heterocycles. The lowest BCUT2D eigenvalue weighted by Crippen LogP contribution is -2.36. The lowest BCUT2D eigenvalue weighted by molar-refractivity contribution is 0.476. The van der Waals surface area contributed by atoms with Crippen molar-refractivity contribution < 1.29 is 8.42 Å². The fourth-order valence-electron chi connectivity index (χ4n) is 2.66. The third-order valence-corrected chi connectivity index (χ3v) is 5.43. The van der Waals surface area contributed by atoms with Crippen molar-refractivity contribution in [2.24, 2.45) is 5.92 Å². The number of hydrogen-bond acceptors (Lipinski definition) is 4. The Labute approximate surface area is 127 Å². The van der Waals surface area contributed by atoms with Crippen LogP contribution in [0.3, 0.4) is 0 Å². The highest BCUT2D eigenvalue weighted by Crippen LogP contribution is 2.26. The van der Waals surface area contributed by atoms with Crippen LogP contribution >= 0.6 is 0 Å². The molecule has 0 saturated heterocycles. The van der Waals surface area contributed by atoms with Crippen molar-refractivity contribution in [2.75, 3.05) is 6.54 Å². The molecule has 0 aromatic carbocycles. The minimum Gasteiger partial charge on any atom is -0.313 e. The zero-order valence-corrected chi connectivity index (χ0v) is 13.9. The standard InChI is InChI=1S/C14H26N4O2S/c1-11(2)15-7-8-18-10-13(9-16-18)21(19,20)17-14-6-4-5-12(14)3/h9-12,14-15,17H,4-8H2,1-3H3. The predicted molar refractivity (Wildman–Crippen MR) is 82.5 cm³/mol. The first kappa shape index (κ1) is 16.5. The van der Waals surface area contributed by atoms with Crippen molar-refractivity contribution in [2.45, 2.75) is 63.6 Å². The quantitative estimate of drug-likeness (QED) is 0.796. The van der Waals surface area contributed by atoms with Gasteiger partial charge in [0, 0.05) is 24.8 Å². The fourth-order valence-corrected chi connectivity index (χ4v) is 3.99. The van der Waals surface area contributed by atoms with Gasteiger partial charge in [0.25, 0.3) is 0 Å². The maximum absolute atomic E-state index is 12.3. The second-order valence-electron chi connectivity index (χ2n) is 6.18. The highest BCUT2D eigenvalue weighted by molar-refractivity contribution is 7.89. The maximum atomic E-state index is 12.3. The lowest BCUT2D eigenvalue weighted by atomic mass is 10.1. The third kappa shape index (κ3) is 4.52. The van der Waals surface area contributed by atoms with E-state index >= 15 is 0 Å². The van der Waals surface area contributed by atoms with Gasteiger partial charge in [0.1, 0.15) is 4.90 Å². The van der Waals surface area contributed by atoms with E-state index in [0.717, 1.165) is 25.8 Å². The van der Waals surface area contributed by atoms with Gasteiger partial charge in [0.15, 0.2) is 0 Å². The highest BCUT2D eigenvalue weighted by Gasteiger charge is 2.28. The highest BCUT2D eigenvalue weighted by atomic mass is 32.2. The summed E-state index contributed by atoms with van der Waals surface area (Å²) in [5, 5.41) is 7.41. The largest absolute Gasteiger partial charge is 0.313 e. The van der Waals surface area contributed by atoms with Crippen LogP contribution in [0.1, 0.15) is 40.0 Å². The van der Waals surface area contributed by atoms with Crippen LogP contribution < -0.4 is 10.0 Å². The van der Waals surface area contributed by atoms with Crippen molar-refractivity contribution in [1.82, 2.24) is 19.8 Å². The monoisotopic (exact) mass is 314 g/mol. The number of nitrogens with one attached hydrogen (secondary N) is 2. The molecule has 2 N–H and O–H groups in total. The first-order valence-corrected chi connectivity index (χ1v) is 9.15. The Kier molecular flexibility index (Phi) is 5.40. The second-order valence-corrected chi connectivity index (χ2v) is 7.90. The molecule has 1 saturated carbocycles. The second kappa shape index (κ2) is 6.89. The summed E-state index contributed by atoms with van der Waals surface area (Å²) in [4.78, 5) is 0.256. The Balaban J connectivity index is 1.95. The molecule has 1 aliphatic carbocycles. The average Bonchev–Trinajstić information content (AvgIpc) is 2.99. The summed E-state index contributed by atoms with van der Waals surface area (Å²) in [7, 11) is -3.45. The van der Waals surface area contributed by atoms with Crippen LogP contribution in [0, 0.1) is 5.92 Å². The summed E-state index contributed by atoms with van der Waals surface area (Å²) < 4.78 is 29.2. The molecule has 0 aliphatic heterocycles. The molecule has 6 nitrogen and oxygen atoms in total.